The molecule has 1 aromatic rings. The molecule has 0 aliphatic heterocycles. The smallest absolute Gasteiger partial charge is 0.250 e. The maximum atomic E-state index is 11.4. The summed E-state index contributed by atoms with van der Waals surface area (Å²) in [4.78, 5) is 24.5. The van der Waals surface area contributed by atoms with E-state index in [9.17, 15) is 9.59 Å². The molecule has 5 nitrogen and oxygen atoms in total. The lowest BCUT2D eigenvalue weighted by Gasteiger charge is -2.14. The summed E-state index contributed by atoms with van der Waals surface area (Å²) in [5, 5.41) is 3.03. The monoisotopic (exact) mass is 237 g/mol. The molecule has 0 aromatic carbocycles. The van der Waals surface area contributed by atoms with Crippen LogP contribution in [0.1, 0.15) is 6.92 Å². The van der Waals surface area contributed by atoms with Crippen LogP contribution < -0.4 is 10.9 Å². The van der Waals surface area contributed by atoms with Crippen LogP contribution in [0.3, 0.4) is 0 Å². The number of carbonyl (C=O) groups excluding carboxylic acids is 1. The Morgan fingerprint density at radius 3 is 2.88 bits per heavy atom. The van der Waals surface area contributed by atoms with Gasteiger partial charge in [0.05, 0.1) is 6.54 Å². The molecule has 0 saturated heterocycles. The van der Waals surface area contributed by atoms with Gasteiger partial charge in [0.15, 0.2) is 0 Å². The second kappa shape index (κ2) is 6.85. The van der Waals surface area contributed by atoms with Gasteiger partial charge in [-0.2, -0.15) is 0 Å². The predicted molar refractivity (Wildman–Crippen MR) is 66.9 cm³/mol. The van der Waals surface area contributed by atoms with Crippen LogP contribution in [0.5, 0.6) is 0 Å². The van der Waals surface area contributed by atoms with E-state index < -0.39 is 0 Å². The Labute approximate surface area is 101 Å². The molecule has 1 aromatic heterocycles. The van der Waals surface area contributed by atoms with Crippen LogP contribution in [0.25, 0.3) is 0 Å². The van der Waals surface area contributed by atoms with E-state index in [1.54, 1.807) is 28.8 Å². The zero-order valence-electron chi connectivity index (χ0n) is 10.3. The van der Waals surface area contributed by atoms with Crippen molar-refractivity contribution < 1.29 is 4.79 Å². The average Bonchev–Trinajstić information content (AvgIpc) is 2.35. The zero-order valence-corrected chi connectivity index (χ0v) is 10.3. The first-order valence-electron chi connectivity index (χ1n) is 5.75. The molecule has 1 heterocycles. The van der Waals surface area contributed by atoms with Crippen LogP contribution in [-0.4, -0.2) is 42.1 Å². The first-order valence-corrected chi connectivity index (χ1v) is 5.75. The van der Waals surface area contributed by atoms with Gasteiger partial charge in [-0.25, -0.2) is 0 Å². The summed E-state index contributed by atoms with van der Waals surface area (Å²) in [6, 6.07) is 5.05. The van der Waals surface area contributed by atoms with Crippen molar-refractivity contribution in [1.29, 1.82) is 0 Å². The minimum atomic E-state index is -0.0219. The molecule has 0 fully saturated rings. The lowest BCUT2D eigenvalue weighted by molar-refractivity contribution is -0.128. The SMILES string of the molecule is CCN(C)C(=O)CNCCn1ccccc1=O. The molecule has 0 bridgehead atoms. The van der Waals surface area contributed by atoms with Gasteiger partial charge in [-0.15, -0.1) is 0 Å². The Morgan fingerprint density at radius 1 is 1.47 bits per heavy atom. The average molecular weight is 237 g/mol. The quantitative estimate of drug-likeness (QED) is 0.704. The number of amides is 1. The van der Waals surface area contributed by atoms with Gasteiger partial charge in [0, 0.05) is 38.9 Å². The topological polar surface area (TPSA) is 54.3 Å². The fourth-order valence-corrected chi connectivity index (χ4v) is 1.35. The molecular weight excluding hydrogens is 218 g/mol. The third kappa shape index (κ3) is 4.40. The molecule has 94 valence electrons. The van der Waals surface area contributed by atoms with E-state index in [0.717, 1.165) is 0 Å². The maximum Gasteiger partial charge on any atom is 0.250 e. The van der Waals surface area contributed by atoms with Gasteiger partial charge in [0.2, 0.25) is 5.91 Å². The van der Waals surface area contributed by atoms with Crippen molar-refractivity contribution >= 4 is 5.91 Å². The molecule has 0 radical (unpaired) electrons. The number of carbonyl (C=O) groups is 1. The summed E-state index contributed by atoms with van der Waals surface area (Å²) >= 11 is 0. The Hall–Kier alpha value is -1.62. The molecular formula is C12H19N3O2. The molecule has 1 amide bonds. The van der Waals surface area contributed by atoms with Crippen molar-refractivity contribution in [2.24, 2.45) is 0 Å². The molecule has 0 unspecified atom stereocenters. The van der Waals surface area contributed by atoms with Crippen LogP contribution in [0.2, 0.25) is 0 Å². The molecule has 17 heavy (non-hydrogen) atoms. The highest BCUT2D eigenvalue weighted by atomic mass is 16.2. The van der Waals surface area contributed by atoms with E-state index >= 15 is 0 Å². The minimum Gasteiger partial charge on any atom is -0.345 e. The van der Waals surface area contributed by atoms with Gasteiger partial charge >= 0.3 is 0 Å². The Kier molecular flexibility index (Phi) is 5.42. The van der Waals surface area contributed by atoms with Crippen molar-refractivity contribution in [3.8, 4) is 0 Å². The number of nitrogens with zero attached hydrogens (tertiary/aromatic N) is 2. The number of pyridine rings is 1. The van der Waals surface area contributed by atoms with Crippen LogP contribution in [-0.2, 0) is 11.3 Å². The standard InChI is InChI=1S/C12H19N3O2/c1-3-14(2)12(17)10-13-7-9-15-8-5-4-6-11(15)16/h4-6,8,13H,3,7,9-10H2,1-2H3. The number of rotatable bonds is 6. The first kappa shape index (κ1) is 13.4. The summed E-state index contributed by atoms with van der Waals surface area (Å²) in [6.07, 6.45) is 1.74. The van der Waals surface area contributed by atoms with Crippen LogP contribution >= 0.6 is 0 Å². The van der Waals surface area contributed by atoms with Crippen LogP contribution in [0.15, 0.2) is 29.2 Å². The molecule has 0 atom stereocenters. The number of hydrogen-bond acceptors (Lipinski definition) is 3. The third-order valence-electron chi connectivity index (χ3n) is 2.60. The highest BCUT2D eigenvalue weighted by Gasteiger charge is 2.04. The molecule has 1 N–H and O–H groups in total. The van der Waals surface area contributed by atoms with Gasteiger partial charge in [-0.05, 0) is 13.0 Å². The van der Waals surface area contributed by atoms with Gasteiger partial charge in [0.25, 0.3) is 5.56 Å². The maximum absolute atomic E-state index is 11.4. The van der Waals surface area contributed by atoms with E-state index in [-0.39, 0.29) is 11.5 Å². The normalized spacial score (nSPS) is 10.2. The van der Waals surface area contributed by atoms with Crippen molar-refractivity contribution in [2.45, 2.75) is 13.5 Å². The second-order valence-corrected chi connectivity index (χ2v) is 3.82. The Balaban J connectivity index is 2.28. The summed E-state index contributed by atoms with van der Waals surface area (Å²) in [7, 11) is 1.77. The largest absolute Gasteiger partial charge is 0.345 e. The summed E-state index contributed by atoms with van der Waals surface area (Å²) in [5.41, 5.74) is -0.0219. The molecule has 0 saturated carbocycles. The number of likely N-dealkylation sites (N-methyl/N-ethyl adjacent to an activating group) is 1. The van der Waals surface area contributed by atoms with Gasteiger partial charge in [-0.1, -0.05) is 6.07 Å². The van der Waals surface area contributed by atoms with Gasteiger partial charge in [-0.3, -0.25) is 9.59 Å². The van der Waals surface area contributed by atoms with Crippen LogP contribution in [0, 0.1) is 0 Å². The lowest BCUT2D eigenvalue weighted by Crippen LogP contribution is -2.37. The Morgan fingerprint density at radius 2 is 2.24 bits per heavy atom. The van der Waals surface area contributed by atoms with Crippen LogP contribution in [0.4, 0.5) is 0 Å². The van der Waals surface area contributed by atoms with Crippen molar-refractivity contribution in [2.75, 3.05) is 26.7 Å². The third-order valence-corrected chi connectivity index (χ3v) is 2.60. The summed E-state index contributed by atoms with van der Waals surface area (Å²) < 4.78 is 1.61. The fourth-order valence-electron chi connectivity index (χ4n) is 1.35. The molecule has 0 aliphatic carbocycles. The predicted octanol–water partition coefficient (Wildman–Crippen LogP) is -0.0838. The molecule has 5 heteroatoms. The highest BCUT2D eigenvalue weighted by molar-refractivity contribution is 5.77. The molecule has 1 rings (SSSR count). The number of hydrogen-bond donors (Lipinski definition) is 1. The second-order valence-electron chi connectivity index (χ2n) is 3.82. The van der Waals surface area contributed by atoms with E-state index in [1.165, 1.54) is 6.07 Å². The van der Waals surface area contributed by atoms with E-state index in [2.05, 4.69) is 5.32 Å². The lowest BCUT2D eigenvalue weighted by atomic mass is 10.4. The van der Waals surface area contributed by atoms with Crippen molar-refractivity contribution in [3.63, 3.8) is 0 Å². The number of nitrogens with one attached hydrogen (secondary N) is 1. The molecule has 0 spiro atoms. The van der Waals surface area contributed by atoms with E-state index in [0.29, 0.717) is 26.2 Å². The fraction of sp³-hybridized carbons (Fsp3) is 0.500. The zero-order chi connectivity index (χ0) is 12.7. The highest BCUT2D eigenvalue weighted by Crippen LogP contribution is 1.83. The number of aromatic nitrogens is 1. The van der Waals surface area contributed by atoms with Crippen molar-refractivity contribution in [3.05, 3.63) is 34.7 Å². The minimum absolute atomic E-state index is 0.0219. The van der Waals surface area contributed by atoms with Gasteiger partial charge < -0.3 is 14.8 Å². The van der Waals surface area contributed by atoms with E-state index in [4.69, 9.17) is 0 Å². The first-order chi connectivity index (χ1) is 8.15. The Bertz CT molecular complexity index is 414. The molecule has 0 aliphatic rings. The summed E-state index contributed by atoms with van der Waals surface area (Å²) in [5.74, 6) is 0.0629. The van der Waals surface area contributed by atoms with Crippen molar-refractivity contribution in [1.82, 2.24) is 14.8 Å². The van der Waals surface area contributed by atoms with Gasteiger partial charge in [0.1, 0.15) is 0 Å². The van der Waals surface area contributed by atoms with E-state index in [1.807, 2.05) is 13.0 Å². The summed E-state index contributed by atoms with van der Waals surface area (Å²) in [6.45, 7) is 4.13.